The van der Waals surface area contributed by atoms with E-state index in [1.165, 1.54) is 0 Å². The maximum Gasteiger partial charge on any atom is 0.0819 e. The van der Waals surface area contributed by atoms with Crippen LogP contribution in [0.15, 0.2) is 36.8 Å². The van der Waals surface area contributed by atoms with Crippen LogP contribution in [0.4, 0.5) is 5.69 Å². The number of nitrogens with two attached hydrogens (primary N) is 1. The predicted octanol–water partition coefficient (Wildman–Crippen LogP) is 2.96. The average Bonchev–Trinajstić information content (AvgIpc) is 2.70. The van der Waals surface area contributed by atoms with Crippen LogP contribution in [-0.4, -0.2) is 14.8 Å². The molecular weight excluding hydrogens is 248 g/mol. The van der Waals surface area contributed by atoms with Crippen LogP contribution in [0.3, 0.4) is 0 Å². The van der Waals surface area contributed by atoms with Gasteiger partial charge in [-0.2, -0.15) is 5.10 Å². The number of hydrogen-bond donors (Lipinski definition) is 1. The first-order valence-electron chi connectivity index (χ1n) is 5.51. The number of aromatic nitrogens is 3. The largest absolute Gasteiger partial charge is 0.398 e. The predicted molar refractivity (Wildman–Crippen MR) is 73.0 cm³/mol. The number of benzene rings is 1. The van der Waals surface area contributed by atoms with Crippen LogP contribution >= 0.6 is 11.6 Å². The molecule has 1 aromatic carbocycles. The van der Waals surface area contributed by atoms with E-state index in [2.05, 4.69) is 10.1 Å². The highest BCUT2D eigenvalue weighted by Gasteiger charge is 2.09. The van der Waals surface area contributed by atoms with Crippen molar-refractivity contribution in [3.63, 3.8) is 0 Å². The van der Waals surface area contributed by atoms with E-state index in [9.17, 15) is 0 Å². The first-order valence-corrected chi connectivity index (χ1v) is 5.89. The Morgan fingerprint density at radius 3 is 2.78 bits per heavy atom. The lowest BCUT2D eigenvalue weighted by Gasteiger charge is -2.08. The summed E-state index contributed by atoms with van der Waals surface area (Å²) in [5, 5.41) is 6.95. The normalized spacial score (nSPS) is 11.0. The van der Waals surface area contributed by atoms with Crippen molar-refractivity contribution in [2.75, 3.05) is 5.73 Å². The third-order valence-corrected chi connectivity index (χ3v) is 3.29. The molecule has 0 aliphatic carbocycles. The minimum atomic E-state index is 0.647. The first kappa shape index (κ1) is 11.0. The summed E-state index contributed by atoms with van der Waals surface area (Å²) in [5.74, 6) is 0. The molecule has 90 valence electrons. The number of pyridine rings is 1. The Labute approximate surface area is 109 Å². The molecule has 18 heavy (non-hydrogen) atoms. The lowest BCUT2D eigenvalue weighted by Crippen LogP contribution is -1.98. The minimum Gasteiger partial charge on any atom is -0.398 e. The Kier molecular flexibility index (Phi) is 2.45. The molecule has 3 rings (SSSR count). The molecule has 0 aliphatic rings. The SMILES string of the molecule is Cc1nn(-c2ccc(N)c3cnccc23)cc1Cl. The van der Waals surface area contributed by atoms with E-state index in [-0.39, 0.29) is 0 Å². The molecule has 0 radical (unpaired) electrons. The van der Waals surface area contributed by atoms with Crippen molar-refractivity contribution in [2.24, 2.45) is 0 Å². The maximum atomic E-state index is 6.04. The molecule has 0 bridgehead atoms. The molecule has 0 saturated heterocycles. The standard InChI is InChI=1S/C13H11ClN4/c1-8-11(14)7-18(17-8)13-3-2-12(15)10-6-16-5-4-9(10)13/h2-7H,15H2,1H3. The van der Waals surface area contributed by atoms with Crippen LogP contribution in [-0.2, 0) is 0 Å². The molecule has 2 heterocycles. The molecule has 3 aromatic rings. The molecule has 4 nitrogen and oxygen atoms in total. The number of fused-ring (bicyclic) bond motifs is 1. The smallest absolute Gasteiger partial charge is 0.0819 e. The highest BCUT2D eigenvalue weighted by molar-refractivity contribution is 6.31. The summed E-state index contributed by atoms with van der Waals surface area (Å²) in [4.78, 5) is 4.10. The molecule has 0 saturated carbocycles. The molecule has 0 spiro atoms. The average molecular weight is 259 g/mol. The van der Waals surface area contributed by atoms with E-state index in [0.29, 0.717) is 10.7 Å². The molecule has 2 N–H and O–H groups in total. The fraction of sp³-hybridized carbons (Fsp3) is 0.0769. The van der Waals surface area contributed by atoms with Crippen LogP contribution in [0, 0.1) is 6.92 Å². The van der Waals surface area contributed by atoms with E-state index < -0.39 is 0 Å². The quantitative estimate of drug-likeness (QED) is 0.683. The zero-order valence-corrected chi connectivity index (χ0v) is 10.5. The number of halogens is 1. The summed E-state index contributed by atoms with van der Waals surface area (Å²) in [5.41, 5.74) is 8.39. The number of hydrogen-bond acceptors (Lipinski definition) is 3. The second kappa shape index (κ2) is 3.99. The lowest BCUT2D eigenvalue weighted by molar-refractivity contribution is 0.869. The molecule has 5 heteroatoms. The van der Waals surface area contributed by atoms with Gasteiger partial charge in [-0.15, -0.1) is 0 Å². The first-order chi connectivity index (χ1) is 8.66. The fourth-order valence-electron chi connectivity index (χ4n) is 1.96. The van der Waals surface area contributed by atoms with E-state index in [0.717, 1.165) is 22.2 Å². The number of rotatable bonds is 1. The molecule has 0 aliphatic heterocycles. The van der Waals surface area contributed by atoms with Gasteiger partial charge in [0.15, 0.2) is 0 Å². The zero-order chi connectivity index (χ0) is 12.7. The van der Waals surface area contributed by atoms with Gasteiger partial charge in [-0.1, -0.05) is 11.6 Å². The minimum absolute atomic E-state index is 0.647. The van der Waals surface area contributed by atoms with Crippen molar-refractivity contribution in [1.29, 1.82) is 0 Å². The van der Waals surface area contributed by atoms with Crippen LogP contribution in [0.1, 0.15) is 5.69 Å². The van der Waals surface area contributed by atoms with Crippen molar-refractivity contribution < 1.29 is 0 Å². The molecule has 2 aromatic heterocycles. The Morgan fingerprint density at radius 2 is 2.06 bits per heavy atom. The van der Waals surface area contributed by atoms with Gasteiger partial charge >= 0.3 is 0 Å². The number of aryl methyl sites for hydroxylation is 1. The second-order valence-corrected chi connectivity index (χ2v) is 4.51. The van der Waals surface area contributed by atoms with E-state index in [1.54, 1.807) is 23.3 Å². The Hall–Kier alpha value is -2.07. The summed E-state index contributed by atoms with van der Waals surface area (Å²) < 4.78 is 1.76. The van der Waals surface area contributed by atoms with Gasteiger partial charge in [-0.25, -0.2) is 4.68 Å². The van der Waals surface area contributed by atoms with Crippen molar-refractivity contribution in [1.82, 2.24) is 14.8 Å². The number of nitrogen functional groups attached to an aromatic ring is 1. The topological polar surface area (TPSA) is 56.7 Å². The Morgan fingerprint density at radius 1 is 1.22 bits per heavy atom. The highest BCUT2D eigenvalue weighted by Crippen LogP contribution is 2.27. The molecule has 0 atom stereocenters. The van der Waals surface area contributed by atoms with Gasteiger partial charge in [0.1, 0.15) is 0 Å². The fourth-order valence-corrected chi connectivity index (χ4v) is 2.09. The maximum absolute atomic E-state index is 6.04. The zero-order valence-electron chi connectivity index (χ0n) is 9.76. The van der Waals surface area contributed by atoms with Gasteiger partial charge in [-0.05, 0) is 25.1 Å². The Balaban J connectivity index is 2.33. The van der Waals surface area contributed by atoms with Gasteiger partial charge in [0.25, 0.3) is 0 Å². The highest BCUT2D eigenvalue weighted by atomic mass is 35.5. The lowest BCUT2D eigenvalue weighted by atomic mass is 10.1. The van der Waals surface area contributed by atoms with Crippen LogP contribution < -0.4 is 5.73 Å². The van der Waals surface area contributed by atoms with Gasteiger partial charge in [0.2, 0.25) is 0 Å². The van der Waals surface area contributed by atoms with E-state index >= 15 is 0 Å². The van der Waals surface area contributed by atoms with Crippen molar-refractivity contribution in [3.05, 3.63) is 47.5 Å². The number of anilines is 1. The third kappa shape index (κ3) is 1.62. The molecule has 0 amide bonds. The van der Waals surface area contributed by atoms with Crippen LogP contribution in [0.2, 0.25) is 5.02 Å². The van der Waals surface area contributed by atoms with Gasteiger partial charge in [0, 0.05) is 35.1 Å². The van der Waals surface area contributed by atoms with Crippen molar-refractivity contribution in [3.8, 4) is 5.69 Å². The molecule has 0 unspecified atom stereocenters. The van der Waals surface area contributed by atoms with Gasteiger partial charge in [0.05, 0.1) is 16.4 Å². The van der Waals surface area contributed by atoms with E-state index in [4.69, 9.17) is 17.3 Å². The van der Waals surface area contributed by atoms with Crippen molar-refractivity contribution >= 4 is 28.1 Å². The molecular formula is C13H11ClN4. The summed E-state index contributed by atoms with van der Waals surface area (Å²) in [6.07, 6.45) is 5.29. The summed E-state index contributed by atoms with van der Waals surface area (Å²) in [6.45, 7) is 1.87. The summed E-state index contributed by atoms with van der Waals surface area (Å²) in [6, 6.07) is 5.71. The monoisotopic (exact) mass is 258 g/mol. The second-order valence-electron chi connectivity index (χ2n) is 4.10. The van der Waals surface area contributed by atoms with Gasteiger partial charge < -0.3 is 5.73 Å². The van der Waals surface area contributed by atoms with Crippen molar-refractivity contribution in [2.45, 2.75) is 6.92 Å². The van der Waals surface area contributed by atoms with Crippen LogP contribution in [0.5, 0.6) is 0 Å². The summed E-state index contributed by atoms with van der Waals surface area (Å²) in [7, 11) is 0. The summed E-state index contributed by atoms with van der Waals surface area (Å²) >= 11 is 6.04. The third-order valence-electron chi connectivity index (χ3n) is 2.91. The van der Waals surface area contributed by atoms with Crippen LogP contribution in [0.25, 0.3) is 16.5 Å². The van der Waals surface area contributed by atoms with Gasteiger partial charge in [-0.3, -0.25) is 4.98 Å². The Bertz CT molecular complexity index is 713. The number of nitrogens with zero attached hydrogens (tertiary/aromatic N) is 3. The van der Waals surface area contributed by atoms with E-state index in [1.807, 2.05) is 25.1 Å². The molecule has 0 fully saturated rings.